The molecule has 0 spiro atoms. The smallest absolute Gasteiger partial charge is 0.335 e. The van der Waals surface area contributed by atoms with Crippen molar-refractivity contribution < 1.29 is 19.1 Å². The van der Waals surface area contributed by atoms with E-state index in [1.54, 1.807) is 6.92 Å². The lowest BCUT2D eigenvalue weighted by atomic mass is 10.1. The Morgan fingerprint density at radius 3 is 2.82 bits per heavy atom. The molecule has 0 aromatic carbocycles. The number of carbonyl (C=O) groups excluding carboxylic acids is 2. The van der Waals surface area contributed by atoms with Gasteiger partial charge in [-0.2, -0.15) is 0 Å². The molecule has 0 saturated carbocycles. The molecule has 1 atom stereocenters. The Morgan fingerprint density at radius 2 is 2.18 bits per heavy atom. The molecule has 0 aromatic heterocycles. The minimum atomic E-state index is -0.453. The van der Waals surface area contributed by atoms with Crippen LogP contribution in [-0.4, -0.2) is 31.2 Å². The minimum Gasteiger partial charge on any atom is -0.464 e. The molecule has 0 saturated heterocycles. The van der Waals surface area contributed by atoms with Crippen molar-refractivity contribution in [3.63, 3.8) is 0 Å². The van der Waals surface area contributed by atoms with Gasteiger partial charge in [0.05, 0.1) is 18.8 Å². The van der Waals surface area contributed by atoms with Crippen LogP contribution in [0.25, 0.3) is 0 Å². The Labute approximate surface area is 101 Å². The normalized spacial score (nSPS) is 18.2. The Hall–Kier alpha value is -1.52. The Morgan fingerprint density at radius 1 is 1.41 bits per heavy atom. The molecule has 96 valence electrons. The van der Waals surface area contributed by atoms with E-state index in [0.717, 1.165) is 12.8 Å². The van der Waals surface area contributed by atoms with Gasteiger partial charge in [0.1, 0.15) is 6.04 Å². The first-order valence-electron chi connectivity index (χ1n) is 5.97. The van der Waals surface area contributed by atoms with Crippen LogP contribution in [-0.2, 0) is 19.1 Å². The van der Waals surface area contributed by atoms with Gasteiger partial charge in [-0.05, 0) is 13.3 Å². The zero-order valence-corrected chi connectivity index (χ0v) is 10.3. The van der Waals surface area contributed by atoms with E-state index in [1.165, 1.54) is 6.20 Å². The van der Waals surface area contributed by atoms with Gasteiger partial charge >= 0.3 is 11.9 Å². The molecule has 5 nitrogen and oxygen atoms in total. The van der Waals surface area contributed by atoms with Crippen LogP contribution >= 0.6 is 0 Å². The van der Waals surface area contributed by atoms with Crippen LogP contribution in [0.2, 0.25) is 0 Å². The molecule has 1 N–H and O–H groups in total. The summed E-state index contributed by atoms with van der Waals surface area (Å²) in [5.41, 5.74) is 0.490. The van der Waals surface area contributed by atoms with E-state index in [-0.39, 0.29) is 11.9 Å². The average Bonchev–Trinajstić information content (AvgIpc) is 2.79. The molecule has 1 rings (SSSR count). The second-order valence-electron chi connectivity index (χ2n) is 3.83. The Balaban J connectivity index is 2.32. The van der Waals surface area contributed by atoms with Crippen LogP contribution in [0.1, 0.15) is 33.1 Å². The maximum atomic E-state index is 11.6. The molecule has 1 heterocycles. The molecular weight excluding hydrogens is 222 g/mol. The predicted octanol–water partition coefficient (Wildman–Crippen LogP) is 1.14. The first-order chi connectivity index (χ1) is 8.19. The van der Waals surface area contributed by atoms with Crippen LogP contribution in [0.3, 0.4) is 0 Å². The highest BCUT2D eigenvalue weighted by Crippen LogP contribution is 2.15. The summed E-state index contributed by atoms with van der Waals surface area (Å²) in [7, 11) is 0. The third-order valence-electron chi connectivity index (χ3n) is 2.45. The van der Waals surface area contributed by atoms with Gasteiger partial charge in [0, 0.05) is 12.6 Å². The molecule has 1 aliphatic heterocycles. The molecule has 0 unspecified atom stereocenters. The van der Waals surface area contributed by atoms with E-state index in [4.69, 9.17) is 9.47 Å². The Bertz CT molecular complexity index is 312. The van der Waals surface area contributed by atoms with Gasteiger partial charge in [0.15, 0.2) is 0 Å². The Kier molecular flexibility index (Phi) is 5.52. The van der Waals surface area contributed by atoms with Crippen molar-refractivity contribution in [1.82, 2.24) is 5.32 Å². The van der Waals surface area contributed by atoms with Gasteiger partial charge in [0.25, 0.3) is 0 Å². The zero-order chi connectivity index (χ0) is 12.7. The molecular formula is C12H19NO4. The summed E-state index contributed by atoms with van der Waals surface area (Å²) in [6.07, 6.45) is 3.71. The fourth-order valence-electron chi connectivity index (χ4n) is 1.47. The summed E-state index contributed by atoms with van der Waals surface area (Å²) in [6, 6.07) is -0.453. The lowest BCUT2D eigenvalue weighted by molar-refractivity contribution is -0.145. The molecule has 17 heavy (non-hydrogen) atoms. The fraction of sp³-hybridized carbons (Fsp3) is 0.667. The van der Waals surface area contributed by atoms with Gasteiger partial charge in [-0.3, -0.25) is 0 Å². The first kappa shape index (κ1) is 13.5. The number of rotatable bonds is 6. The summed E-state index contributed by atoms with van der Waals surface area (Å²) >= 11 is 0. The van der Waals surface area contributed by atoms with Gasteiger partial charge in [-0.15, -0.1) is 0 Å². The van der Waals surface area contributed by atoms with Crippen LogP contribution in [0.5, 0.6) is 0 Å². The topological polar surface area (TPSA) is 64.6 Å². The van der Waals surface area contributed by atoms with Crippen molar-refractivity contribution >= 4 is 11.9 Å². The van der Waals surface area contributed by atoms with Crippen molar-refractivity contribution in [2.45, 2.75) is 39.2 Å². The van der Waals surface area contributed by atoms with Crippen molar-refractivity contribution in [3.05, 3.63) is 11.8 Å². The maximum absolute atomic E-state index is 11.6. The van der Waals surface area contributed by atoms with E-state index >= 15 is 0 Å². The number of esters is 2. The molecule has 0 radical (unpaired) electrons. The second kappa shape index (κ2) is 6.93. The van der Waals surface area contributed by atoms with E-state index < -0.39 is 6.04 Å². The fourth-order valence-corrected chi connectivity index (χ4v) is 1.47. The average molecular weight is 241 g/mol. The SMILES string of the molecule is CCCCOC(=O)[C@@H]1CC(C(=O)OCC)=CN1. The standard InChI is InChI=1S/C12H19NO4/c1-3-5-6-17-12(15)10-7-9(8-13-10)11(14)16-4-2/h8,10,13H,3-7H2,1-2H3/t10-/m0/s1. The zero-order valence-electron chi connectivity index (χ0n) is 10.3. The van der Waals surface area contributed by atoms with E-state index in [0.29, 0.717) is 25.2 Å². The molecule has 0 amide bonds. The van der Waals surface area contributed by atoms with Gasteiger partial charge in [-0.25, -0.2) is 9.59 Å². The summed E-state index contributed by atoms with van der Waals surface area (Å²) < 4.78 is 9.92. The molecule has 0 fully saturated rings. The van der Waals surface area contributed by atoms with E-state index in [9.17, 15) is 9.59 Å². The van der Waals surface area contributed by atoms with E-state index in [2.05, 4.69) is 5.32 Å². The lowest BCUT2D eigenvalue weighted by Gasteiger charge is -2.10. The third kappa shape index (κ3) is 4.09. The van der Waals surface area contributed by atoms with Crippen LogP contribution < -0.4 is 5.32 Å². The summed E-state index contributed by atoms with van der Waals surface area (Å²) in [5, 5.41) is 2.84. The largest absolute Gasteiger partial charge is 0.464 e. The minimum absolute atomic E-state index is 0.311. The van der Waals surface area contributed by atoms with Crippen molar-refractivity contribution in [2.75, 3.05) is 13.2 Å². The molecule has 0 aliphatic carbocycles. The monoisotopic (exact) mass is 241 g/mol. The molecule has 5 heteroatoms. The van der Waals surface area contributed by atoms with Gasteiger partial charge in [0.2, 0.25) is 0 Å². The molecule has 0 bridgehead atoms. The first-order valence-corrected chi connectivity index (χ1v) is 5.97. The van der Waals surface area contributed by atoms with E-state index in [1.807, 2.05) is 6.92 Å². The predicted molar refractivity (Wildman–Crippen MR) is 62.1 cm³/mol. The third-order valence-corrected chi connectivity index (χ3v) is 2.45. The number of unbranched alkanes of at least 4 members (excludes halogenated alkanes) is 1. The summed E-state index contributed by atoms with van der Waals surface area (Å²) in [5.74, 6) is -0.683. The maximum Gasteiger partial charge on any atom is 0.335 e. The summed E-state index contributed by atoms with van der Waals surface area (Å²) in [4.78, 5) is 23.0. The van der Waals surface area contributed by atoms with Gasteiger partial charge in [-0.1, -0.05) is 13.3 Å². The quantitative estimate of drug-likeness (QED) is 0.558. The highest BCUT2D eigenvalue weighted by molar-refractivity contribution is 5.91. The molecule has 1 aliphatic rings. The van der Waals surface area contributed by atoms with Crippen LogP contribution in [0.15, 0.2) is 11.8 Å². The van der Waals surface area contributed by atoms with Gasteiger partial charge < -0.3 is 14.8 Å². The van der Waals surface area contributed by atoms with Crippen molar-refractivity contribution in [2.24, 2.45) is 0 Å². The molecule has 0 aromatic rings. The van der Waals surface area contributed by atoms with Crippen molar-refractivity contribution in [1.29, 1.82) is 0 Å². The van der Waals surface area contributed by atoms with Crippen molar-refractivity contribution in [3.8, 4) is 0 Å². The number of hydrogen-bond donors (Lipinski definition) is 1. The second-order valence-corrected chi connectivity index (χ2v) is 3.83. The highest BCUT2D eigenvalue weighted by Gasteiger charge is 2.28. The highest BCUT2D eigenvalue weighted by atomic mass is 16.5. The lowest BCUT2D eigenvalue weighted by Crippen LogP contribution is -2.31. The number of hydrogen-bond acceptors (Lipinski definition) is 5. The van der Waals surface area contributed by atoms with Crippen LogP contribution in [0.4, 0.5) is 0 Å². The number of nitrogens with one attached hydrogen (secondary N) is 1. The van der Waals surface area contributed by atoms with Crippen LogP contribution in [0, 0.1) is 0 Å². The number of carbonyl (C=O) groups is 2. The number of ether oxygens (including phenoxy) is 2. The summed E-state index contributed by atoms with van der Waals surface area (Å²) in [6.45, 7) is 4.55.